The van der Waals surface area contributed by atoms with Gasteiger partial charge in [0.15, 0.2) is 0 Å². The van der Waals surface area contributed by atoms with E-state index in [2.05, 4.69) is 21.0 Å². The van der Waals surface area contributed by atoms with Crippen LogP contribution >= 0.6 is 15.9 Å². The molecule has 1 aromatic rings. The molecule has 0 saturated carbocycles. The molecule has 1 heterocycles. The zero-order valence-corrected chi connectivity index (χ0v) is 11.1. The molecule has 0 radical (unpaired) electrons. The number of hydrogen-bond acceptors (Lipinski definition) is 3. The van der Waals surface area contributed by atoms with Gasteiger partial charge < -0.3 is 4.74 Å². The largest absolute Gasteiger partial charge is 0.467 e. The zero-order chi connectivity index (χ0) is 12.4. The van der Waals surface area contributed by atoms with E-state index in [1.54, 1.807) is 12.0 Å². The number of allylic oxidation sites excluding steroid dienone is 5. The summed E-state index contributed by atoms with van der Waals surface area (Å²) in [5.74, 6) is 0. The van der Waals surface area contributed by atoms with Crippen molar-refractivity contribution in [3.05, 3.63) is 45.3 Å². The van der Waals surface area contributed by atoms with Gasteiger partial charge in [0.2, 0.25) is 0 Å². The molecule has 1 aromatic heterocycles. The number of halogens is 1. The van der Waals surface area contributed by atoms with E-state index in [0.717, 1.165) is 5.57 Å². The van der Waals surface area contributed by atoms with Gasteiger partial charge in [-0.3, -0.25) is 0 Å². The zero-order valence-electron chi connectivity index (χ0n) is 9.50. The summed E-state index contributed by atoms with van der Waals surface area (Å²) in [6.07, 6.45) is 7.65. The molecule has 0 amide bonds. The molecule has 2 rings (SSSR count). The Kier molecular flexibility index (Phi) is 3.33. The number of hydrogen-bond donors (Lipinski definition) is 0. The van der Waals surface area contributed by atoms with E-state index < -0.39 is 0 Å². The van der Waals surface area contributed by atoms with Crippen molar-refractivity contribution in [2.24, 2.45) is 7.05 Å². The van der Waals surface area contributed by atoms with E-state index in [-0.39, 0.29) is 11.7 Å². The predicted molar refractivity (Wildman–Crippen MR) is 68.3 cm³/mol. The Morgan fingerprint density at radius 1 is 1.53 bits per heavy atom. The fourth-order valence-corrected chi connectivity index (χ4v) is 2.14. The number of ether oxygens (including phenoxy) is 1. The van der Waals surface area contributed by atoms with Crippen LogP contribution in [0.25, 0.3) is 0 Å². The first-order valence-electron chi connectivity index (χ1n) is 5.03. The third-order valence-corrected chi connectivity index (χ3v) is 3.07. The van der Waals surface area contributed by atoms with Crippen molar-refractivity contribution in [1.29, 1.82) is 0 Å². The minimum atomic E-state index is -0.210. The van der Waals surface area contributed by atoms with Crippen molar-refractivity contribution in [2.45, 2.75) is 6.04 Å². The molecule has 17 heavy (non-hydrogen) atoms. The van der Waals surface area contributed by atoms with Gasteiger partial charge in [0.05, 0.1) is 13.2 Å². The quantitative estimate of drug-likeness (QED) is 0.832. The van der Waals surface area contributed by atoms with E-state index in [9.17, 15) is 4.79 Å². The third kappa shape index (κ3) is 2.00. The van der Waals surface area contributed by atoms with E-state index in [1.807, 2.05) is 24.3 Å². The summed E-state index contributed by atoms with van der Waals surface area (Å²) < 4.78 is 7.89. The van der Waals surface area contributed by atoms with Gasteiger partial charge in [-0.15, -0.1) is 5.10 Å². The first-order chi connectivity index (χ1) is 8.19. The minimum absolute atomic E-state index is 0.199. The molecule has 90 valence electrons. The van der Waals surface area contributed by atoms with Gasteiger partial charge in [-0.1, -0.05) is 40.2 Å². The van der Waals surface area contributed by atoms with E-state index in [1.165, 1.54) is 16.4 Å². The summed E-state index contributed by atoms with van der Waals surface area (Å²) in [6, 6.07) is 0.102. The molecule has 0 spiro atoms. The topological polar surface area (TPSA) is 49.1 Å². The van der Waals surface area contributed by atoms with Crippen LogP contribution in [-0.4, -0.2) is 21.5 Å². The highest BCUT2D eigenvalue weighted by Crippen LogP contribution is 2.26. The van der Waals surface area contributed by atoms with E-state index in [4.69, 9.17) is 4.74 Å². The van der Waals surface area contributed by atoms with Crippen molar-refractivity contribution in [2.75, 3.05) is 7.11 Å². The van der Waals surface area contributed by atoms with Crippen LogP contribution in [0.5, 0.6) is 6.01 Å². The maximum Gasteiger partial charge on any atom is 0.349 e. The standard InChI is InChI=1S/C11H12BrN3O2/c1-14-11(16)15(10(13-14)17-2)9-6-4-3-5-8(9)7-12/h3-7,9H,1-2H3. The van der Waals surface area contributed by atoms with Crippen molar-refractivity contribution in [3.8, 4) is 6.01 Å². The van der Waals surface area contributed by atoms with Crippen LogP contribution in [-0.2, 0) is 7.05 Å². The monoisotopic (exact) mass is 297 g/mol. The molecule has 0 aromatic carbocycles. The molecule has 0 N–H and O–H groups in total. The first kappa shape index (κ1) is 11.9. The lowest BCUT2D eigenvalue weighted by Crippen LogP contribution is -2.27. The van der Waals surface area contributed by atoms with E-state index >= 15 is 0 Å². The molecule has 5 nitrogen and oxygen atoms in total. The van der Waals surface area contributed by atoms with Crippen molar-refractivity contribution < 1.29 is 4.74 Å². The van der Waals surface area contributed by atoms with Crippen LogP contribution in [0.2, 0.25) is 0 Å². The van der Waals surface area contributed by atoms with Gasteiger partial charge in [0.25, 0.3) is 0 Å². The second-order valence-electron chi connectivity index (χ2n) is 3.56. The fourth-order valence-electron chi connectivity index (χ4n) is 1.72. The van der Waals surface area contributed by atoms with Crippen LogP contribution in [0, 0.1) is 0 Å². The Bertz CT molecular complexity index is 566. The van der Waals surface area contributed by atoms with Crippen LogP contribution in [0.15, 0.2) is 39.7 Å². The van der Waals surface area contributed by atoms with Gasteiger partial charge in [-0.25, -0.2) is 14.0 Å². The number of aryl methyl sites for hydroxylation is 1. The average Bonchev–Trinajstić information content (AvgIpc) is 2.65. The van der Waals surface area contributed by atoms with Crippen LogP contribution < -0.4 is 10.4 Å². The second kappa shape index (κ2) is 4.75. The van der Waals surface area contributed by atoms with Crippen LogP contribution in [0.3, 0.4) is 0 Å². The smallest absolute Gasteiger partial charge is 0.349 e. The van der Waals surface area contributed by atoms with Crippen molar-refractivity contribution >= 4 is 15.9 Å². The molecule has 0 saturated heterocycles. The summed E-state index contributed by atoms with van der Waals surface area (Å²) in [4.78, 5) is 13.8. The maximum atomic E-state index is 12.0. The normalized spacial score (nSPS) is 21.1. The van der Waals surface area contributed by atoms with Gasteiger partial charge in [0, 0.05) is 7.05 Å². The minimum Gasteiger partial charge on any atom is -0.467 e. The van der Waals surface area contributed by atoms with Gasteiger partial charge >= 0.3 is 11.7 Å². The Morgan fingerprint density at radius 2 is 2.29 bits per heavy atom. The summed E-state index contributed by atoms with van der Waals surface area (Å²) in [5.41, 5.74) is 0.750. The third-order valence-electron chi connectivity index (χ3n) is 2.55. The lowest BCUT2D eigenvalue weighted by molar-refractivity contribution is 0.351. The molecule has 0 bridgehead atoms. The number of nitrogens with zero attached hydrogens (tertiary/aromatic N) is 3. The molecular formula is C11H12BrN3O2. The first-order valence-corrected chi connectivity index (χ1v) is 5.95. The highest BCUT2D eigenvalue weighted by molar-refractivity contribution is 9.11. The molecular weight excluding hydrogens is 286 g/mol. The fraction of sp³-hybridized carbons (Fsp3) is 0.273. The lowest BCUT2D eigenvalue weighted by Gasteiger charge is -2.17. The highest BCUT2D eigenvalue weighted by atomic mass is 79.9. The Balaban J connectivity index is 2.57. The molecule has 6 heteroatoms. The molecule has 0 fully saturated rings. The molecule has 1 aliphatic rings. The Morgan fingerprint density at radius 3 is 2.94 bits per heavy atom. The molecule has 0 aliphatic heterocycles. The number of methoxy groups -OCH3 is 1. The van der Waals surface area contributed by atoms with Crippen molar-refractivity contribution in [1.82, 2.24) is 14.3 Å². The van der Waals surface area contributed by atoms with Gasteiger partial charge in [-0.05, 0) is 10.6 Å². The highest BCUT2D eigenvalue weighted by Gasteiger charge is 2.22. The van der Waals surface area contributed by atoms with E-state index in [0.29, 0.717) is 6.01 Å². The van der Waals surface area contributed by atoms with Crippen LogP contribution in [0.1, 0.15) is 6.04 Å². The Hall–Kier alpha value is -1.56. The van der Waals surface area contributed by atoms with Crippen molar-refractivity contribution in [3.63, 3.8) is 0 Å². The number of rotatable bonds is 2. The summed E-state index contributed by atoms with van der Waals surface area (Å²) in [7, 11) is 3.10. The second-order valence-corrected chi connectivity index (χ2v) is 4.02. The Labute approximate surface area is 107 Å². The SMILES string of the molecule is COc1nn(C)c(=O)n1C1C=CC=CC1=CBr. The van der Waals surface area contributed by atoms with Gasteiger partial charge in [0.1, 0.15) is 0 Å². The molecule has 1 atom stereocenters. The number of aromatic nitrogens is 3. The summed E-state index contributed by atoms with van der Waals surface area (Å²) >= 11 is 3.30. The predicted octanol–water partition coefficient (Wildman–Crippen LogP) is 1.54. The molecule has 1 aliphatic carbocycles. The summed E-state index contributed by atoms with van der Waals surface area (Å²) in [5, 5.41) is 4.02. The summed E-state index contributed by atoms with van der Waals surface area (Å²) in [6.45, 7) is 0. The average molecular weight is 298 g/mol. The maximum absolute atomic E-state index is 12.0. The molecule has 1 unspecified atom stereocenters. The van der Waals surface area contributed by atoms with Gasteiger partial charge in [-0.2, -0.15) is 0 Å². The lowest BCUT2D eigenvalue weighted by atomic mass is 10.0. The van der Waals surface area contributed by atoms with Crippen LogP contribution in [0.4, 0.5) is 0 Å².